The lowest BCUT2D eigenvalue weighted by Crippen LogP contribution is -2.29. The molecule has 0 saturated carbocycles. The third kappa shape index (κ3) is 2.36. The fourth-order valence-corrected chi connectivity index (χ4v) is 3.10. The quantitative estimate of drug-likeness (QED) is 0.947. The van der Waals surface area contributed by atoms with Crippen molar-refractivity contribution in [3.63, 3.8) is 0 Å². The summed E-state index contributed by atoms with van der Waals surface area (Å²) in [6, 6.07) is 4.40. The van der Waals surface area contributed by atoms with Gasteiger partial charge in [0, 0.05) is 22.0 Å². The van der Waals surface area contributed by atoms with Crippen molar-refractivity contribution in [2.45, 2.75) is 25.9 Å². The van der Waals surface area contributed by atoms with Crippen LogP contribution in [0.4, 0.5) is 0 Å². The Morgan fingerprint density at radius 2 is 2.25 bits per heavy atom. The van der Waals surface area contributed by atoms with Gasteiger partial charge in [0.15, 0.2) is 0 Å². The van der Waals surface area contributed by atoms with Crippen LogP contribution in [0.15, 0.2) is 29.0 Å². The van der Waals surface area contributed by atoms with E-state index in [1.807, 2.05) is 17.8 Å². The third-order valence-electron chi connectivity index (χ3n) is 2.41. The minimum Gasteiger partial charge on any atom is -0.326 e. The van der Waals surface area contributed by atoms with Crippen LogP contribution in [0.25, 0.3) is 0 Å². The van der Waals surface area contributed by atoms with Crippen molar-refractivity contribution in [3.05, 3.63) is 38.8 Å². The minimum atomic E-state index is 0.0323. The van der Waals surface area contributed by atoms with Crippen molar-refractivity contribution in [3.8, 4) is 0 Å². The molecule has 0 fully saturated rings. The Morgan fingerprint density at radius 3 is 2.69 bits per heavy atom. The largest absolute Gasteiger partial charge is 0.326 e. The van der Waals surface area contributed by atoms with Gasteiger partial charge < -0.3 is 5.73 Å². The van der Waals surface area contributed by atoms with Crippen molar-refractivity contribution in [1.82, 2.24) is 9.78 Å². The topological polar surface area (TPSA) is 43.8 Å². The maximum atomic E-state index is 6.05. The van der Waals surface area contributed by atoms with Crippen LogP contribution in [0.2, 0.25) is 0 Å². The monoisotopic (exact) mass is 299 g/mol. The van der Waals surface area contributed by atoms with E-state index in [-0.39, 0.29) is 12.1 Å². The van der Waals surface area contributed by atoms with Gasteiger partial charge in [0.2, 0.25) is 0 Å². The Hall–Kier alpha value is -0.650. The van der Waals surface area contributed by atoms with Crippen molar-refractivity contribution in [2.24, 2.45) is 5.73 Å². The third-order valence-corrected chi connectivity index (χ3v) is 3.89. The molecule has 16 heavy (non-hydrogen) atoms. The molecule has 2 unspecified atom stereocenters. The number of nitrogens with two attached hydrogens (primary N) is 1. The molecule has 86 valence electrons. The Morgan fingerprint density at radius 1 is 1.50 bits per heavy atom. The van der Waals surface area contributed by atoms with Crippen molar-refractivity contribution >= 4 is 27.3 Å². The summed E-state index contributed by atoms with van der Waals surface area (Å²) in [6.07, 6.45) is 3.75. The van der Waals surface area contributed by atoms with Crippen LogP contribution in [0, 0.1) is 6.92 Å². The van der Waals surface area contributed by atoms with E-state index in [4.69, 9.17) is 5.73 Å². The van der Waals surface area contributed by atoms with Gasteiger partial charge in [0.1, 0.15) is 6.04 Å². The number of nitrogens with zero attached hydrogens (tertiary/aromatic N) is 2. The zero-order valence-corrected chi connectivity index (χ0v) is 11.6. The summed E-state index contributed by atoms with van der Waals surface area (Å²) < 4.78 is 2.89. The molecule has 3 nitrogen and oxygen atoms in total. The van der Waals surface area contributed by atoms with Crippen molar-refractivity contribution in [1.29, 1.82) is 0 Å². The Bertz CT molecular complexity index is 435. The number of hydrogen-bond donors (Lipinski definition) is 1. The molecule has 2 rings (SSSR count). The number of aromatic nitrogens is 2. The first-order valence-electron chi connectivity index (χ1n) is 5.09. The number of hydrogen-bond acceptors (Lipinski definition) is 3. The average molecular weight is 300 g/mol. The molecule has 0 saturated heterocycles. The second-order valence-corrected chi connectivity index (χ2v) is 6.13. The van der Waals surface area contributed by atoms with Gasteiger partial charge in [-0.2, -0.15) is 5.10 Å². The van der Waals surface area contributed by atoms with E-state index in [0.29, 0.717) is 0 Å². The highest BCUT2D eigenvalue weighted by Gasteiger charge is 2.20. The van der Waals surface area contributed by atoms with Crippen molar-refractivity contribution in [2.75, 3.05) is 0 Å². The molecular formula is C11H14BrN3S. The molecule has 0 aliphatic carbocycles. The van der Waals surface area contributed by atoms with Gasteiger partial charge in [-0.15, -0.1) is 11.3 Å². The molecule has 0 aromatic carbocycles. The van der Waals surface area contributed by atoms with Gasteiger partial charge in [-0.25, -0.2) is 0 Å². The number of halogens is 1. The van der Waals surface area contributed by atoms with E-state index in [0.717, 1.165) is 4.47 Å². The number of thiophene rings is 1. The number of aryl methyl sites for hydroxylation is 1. The molecule has 2 aromatic heterocycles. The molecular weight excluding hydrogens is 286 g/mol. The van der Waals surface area contributed by atoms with Gasteiger partial charge in [-0.3, -0.25) is 4.68 Å². The minimum absolute atomic E-state index is 0.0323. The molecule has 2 heterocycles. The zero-order chi connectivity index (χ0) is 11.7. The van der Waals surface area contributed by atoms with Crippen LogP contribution in [0.3, 0.4) is 0 Å². The summed E-state index contributed by atoms with van der Waals surface area (Å²) in [7, 11) is 0. The summed E-state index contributed by atoms with van der Waals surface area (Å²) in [4.78, 5) is 2.55. The standard InChI is InChI=1S/C11H14BrN3S/c1-7-3-4-10(16-7)11(8(2)13)15-6-9(12)5-14-15/h3-6,8,11H,13H2,1-2H3. The van der Waals surface area contributed by atoms with E-state index >= 15 is 0 Å². The lowest BCUT2D eigenvalue weighted by Gasteiger charge is -2.19. The van der Waals surface area contributed by atoms with Crippen molar-refractivity contribution < 1.29 is 0 Å². The Labute approximate surface area is 107 Å². The molecule has 0 amide bonds. The number of rotatable bonds is 3. The summed E-state index contributed by atoms with van der Waals surface area (Å²) in [5.74, 6) is 0. The van der Waals surface area contributed by atoms with Crippen LogP contribution < -0.4 is 5.73 Å². The first kappa shape index (κ1) is 11.8. The normalized spacial score (nSPS) is 15.0. The molecule has 0 radical (unpaired) electrons. The summed E-state index contributed by atoms with van der Waals surface area (Å²) >= 11 is 5.18. The molecule has 2 atom stereocenters. The van der Waals surface area contributed by atoms with E-state index in [9.17, 15) is 0 Å². The maximum absolute atomic E-state index is 6.05. The lowest BCUT2D eigenvalue weighted by atomic mass is 10.1. The van der Waals surface area contributed by atoms with Gasteiger partial charge in [0.05, 0.1) is 10.7 Å². The van der Waals surface area contributed by atoms with E-state index in [1.165, 1.54) is 9.75 Å². The first-order valence-corrected chi connectivity index (χ1v) is 6.70. The molecule has 5 heteroatoms. The predicted molar refractivity (Wildman–Crippen MR) is 70.8 cm³/mol. The lowest BCUT2D eigenvalue weighted by molar-refractivity contribution is 0.460. The van der Waals surface area contributed by atoms with E-state index < -0.39 is 0 Å². The summed E-state index contributed by atoms with van der Waals surface area (Å²) in [6.45, 7) is 4.11. The molecule has 2 N–H and O–H groups in total. The first-order chi connectivity index (χ1) is 7.58. The highest BCUT2D eigenvalue weighted by molar-refractivity contribution is 9.10. The smallest absolute Gasteiger partial charge is 0.101 e. The fourth-order valence-electron chi connectivity index (χ4n) is 1.71. The Kier molecular flexibility index (Phi) is 3.47. The van der Waals surface area contributed by atoms with Gasteiger partial charge in [-0.1, -0.05) is 0 Å². The van der Waals surface area contributed by atoms with Crippen LogP contribution in [-0.4, -0.2) is 15.8 Å². The predicted octanol–water partition coefficient (Wildman–Crippen LogP) is 2.95. The second-order valence-electron chi connectivity index (χ2n) is 3.89. The molecule has 0 spiro atoms. The van der Waals surface area contributed by atoms with Crippen LogP contribution in [0.5, 0.6) is 0 Å². The molecule has 0 aliphatic heterocycles. The molecule has 2 aromatic rings. The highest BCUT2D eigenvalue weighted by atomic mass is 79.9. The van der Waals surface area contributed by atoms with E-state index in [1.54, 1.807) is 17.5 Å². The second kappa shape index (κ2) is 4.69. The van der Waals surface area contributed by atoms with E-state index in [2.05, 4.69) is 40.1 Å². The van der Waals surface area contributed by atoms with Gasteiger partial charge in [-0.05, 0) is 41.9 Å². The SMILES string of the molecule is Cc1ccc(C(C(C)N)n2cc(Br)cn2)s1. The maximum Gasteiger partial charge on any atom is 0.101 e. The van der Waals surface area contributed by atoms with Crippen LogP contribution in [-0.2, 0) is 0 Å². The molecule has 0 aliphatic rings. The van der Waals surface area contributed by atoms with Gasteiger partial charge >= 0.3 is 0 Å². The van der Waals surface area contributed by atoms with Gasteiger partial charge in [0.25, 0.3) is 0 Å². The molecule has 0 bridgehead atoms. The summed E-state index contributed by atoms with van der Waals surface area (Å²) in [5.41, 5.74) is 6.05. The summed E-state index contributed by atoms with van der Waals surface area (Å²) in [5, 5.41) is 4.32. The fraction of sp³-hybridized carbons (Fsp3) is 0.364. The Balaban J connectivity index is 2.38. The van der Waals surface area contributed by atoms with Crippen LogP contribution in [0.1, 0.15) is 22.7 Å². The highest BCUT2D eigenvalue weighted by Crippen LogP contribution is 2.28. The average Bonchev–Trinajstić information content (AvgIpc) is 2.76. The zero-order valence-electron chi connectivity index (χ0n) is 9.22. The van der Waals surface area contributed by atoms with Crippen LogP contribution >= 0.6 is 27.3 Å².